The van der Waals surface area contributed by atoms with Crippen LogP contribution in [0.5, 0.6) is 0 Å². The maximum Gasteiger partial charge on any atom is 0.226 e. The summed E-state index contributed by atoms with van der Waals surface area (Å²) in [5.74, 6) is 2.10. The fraction of sp³-hybridized carbons (Fsp3) is 0.368. The minimum absolute atomic E-state index is 0.0862. The zero-order chi connectivity index (χ0) is 19.3. The van der Waals surface area contributed by atoms with Crippen LogP contribution in [0.3, 0.4) is 0 Å². The molecular formula is C19H21N5O3S. The first kappa shape index (κ1) is 18.7. The van der Waals surface area contributed by atoms with Gasteiger partial charge in [0.2, 0.25) is 5.91 Å². The Morgan fingerprint density at radius 1 is 1.29 bits per heavy atom. The van der Waals surface area contributed by atoms with E-state index < -0.39 is 0 Å². The smallest absolute Gasteiger partial charge is 0.226 e. The molecule has 1 saturated heterocycles. The van der Waals surface area contributed by atoms with Crippen LogP contribution in [0.4, 0.5) is 5.82 Å². The standard InChI is InChI=1S/C19H21N5O3S/c1-13-2-3-15(27-13)18-21-14(19-20-5-11-28-19)12-16(23-18)22-17(25)4-6-24-7-9-26-10-8-24/h2-3,5,11-12H,4,6-10H2,1H3,(H,21,22,23,25). The Kier molecular flexibility index (Phi) is 5.75. The summed E-state index contributed by atoms with van der Waals surface area (Å²) in [7, 11) is 0. The molecule has 0 spiro atoms. The number of aryl methyl sites for hydroxylation is 1. The lowest BCUT2D eigenvalue weighted by molar-refractivity contribution is -0.116. The normalized spacial score (nSPS) is 14.9. The highest BCUT2D eigenvalue weighted by atomic mass is 32.1. The predicted octanol–water partition coefficient (Wildman–Crippen LogP) is 2.83. The van der Waals surface area contributed by atoms with E-state index >= 15 is 0 Å². The fourth-order valence-electron chi connectivity index (χ4n) is 2.93. The molecule has 0 aliphatic carbocycles. The van der Waals surface area contributed by atoms with Gasteiger partial charge >= 0.3 is 0 Å². The zero-order valence-corrected chi connectivity index (χ0v) is 16.4. The number of hydrogen-bond donors (Lipinski definition) is 1. The number of nitrogens with zero attached hydrogens (tertiary/aromatic N) is 4. The molecule has 28 heavy (non-hydrogen) atoms. The van der Waals surface area contributed by atoms with Crippen molar-refractivity contribution in [2.45, 2.75) is 13.3 Å². The third kappa shape index (κ3) is 4.61. The summed E-state index contributed by atoms with van der Waals surface area (Å²) in [6.45, 7) is 5.72. The van der Waals surface area contributed by atoms with Crippen LogP contribution in [0.2, 0.25) is 0 Å². The van der Waals surface area contributed by atoms with Gasteiger partial charge in [-0.3, -0.25) is 9.69 Å². The minimum Gasteiger partial charge on any atom is -0.458 e. The summed E-state index contributed by atoms with van der Waals surface area (Å²) < 4.78 is 11.0. The lowest BCUT2D eigenvalue weighted by Crippen LogP contribution is -2.38. The number of nitrogens with one attached hydrogen (secondary N) is 1. The van der Waals surface area contributed by atoms with E-state index in [0.717, 1.165) is 37.1 Å². The molecule has 0 aromatic carbocycles. The molecule has 4 rings (SSSR count). The van der Waals surface area contributed by atoms with Crippen LogP contribution in [0, 0.1) is 6.92 Å². The van der Waals surface area contributed by atoms with Gasteiger partial charge in [-0.15, -0.1) is 11.3 Å². The first-order valence-corrected chi connectivity index (χ1v) is 10.0. The molecule has 8 nitrogen and oxygen atoms in total. The Balaban J connectivity index is 1.52. The van der Waals surface area contributed by atoms with Crippen molar-refractivity contribution in [3.05, 3.63) is 35.5 Å². The SMILES string of the molecule is Cc1ccc(-c2nc(NC(=O)CCN3CCOCC3)cc(-c3nccs3)n2)o1. The molecule has 3 aromatic heterocycles. The quantitative estimate of drug-likeness (QED) is 0.681. The molecule has 0 radical (unpaired) electrons. The second-order valence-electron chi connectivity index (χ2n) is 6.46. The third-order valence-electron chi connectivity index (χ3n) is 4.36. The molecule has 0 atom stereocenters. The van der Waals surface area contributed by atoms with Crippen molar-refractivity contribution in [3.63, 3.8) is 0 Å². The van der Waals surface area contributed by atoms with Gasteiger partial charge in [0, 0.05) is 43.7 Å². The molecule has 9 heteroatoms. The first-order chi connectivity index (χ1) is 13.7. The number of anilines is 1. The number of carbonyl (C=O) groups is 1. The van der Waals surface area contributed by atoms with Gasteiger partial charge in [0.15, 0.2) is 11.6 Å². The second kappa shape index (κ2) is 8.59. The average Bonchev–Trinajstić information content (AvgIpc) is 3.39. The molecule has 146 valence electrons. The summed E-state index contributed by atoms with van der Waals surface area (Å²) in [5, 5.41) is 5.53. The van der Waals surface area contributed by atoms with E-state index in [1.165, 1.54) is 11.3 Å². The van der Waals surface area contributed by atoms with Gasteiger partial charge in [0.1, 0.15) is 22.3 Å². The molecule has 1 aliphatic rings. The Bertz CT molecular complexity index is 935. The number of amides is 1. The largest absolute Gasteiger partial charge is 0.458 e. The van der Waals surface area contributed by atoms with Crippen LogP contribution in [-0.4, -0.2) is 58.6 Å². The van der Waals surface area contributed by atoms with Crippen molar-refractivity contribution < 1.29 is 13.9 Å². The number of hydrogen-bond acceptors (Lipinski definition) is 8. The van der Waals surface area contributed by atoms with Gasteiger partial charge in [0.05, 0.1) is 13.2 Å². The lowest BCUT2D eigenvalue weighted by Gasteiger charge is -2.26. The van der Waals surface area contributed by atoms with Crippen LogP contribution in [0.15, 0.2) is 34.2 Å². The van der Waals surface area contributed by atoms with E-state index in [-0.39, 0.29) is 5.91 Å². The summed E-state index contributed by atoms with van der Waals surface area (Å²) >= 11 is 1.48. The van der Waals surface area contributed by atoms with E-state index in [2.05, 4.69) is 25.2 Å². The summed E-state index contributed by atoms with van der Waals surface area (Å²) in [6, 6.07) is 5.42. The number of thiazole rings is 1. The molecule has 3 aromatic rings. The molecule has 0 saturated carbocycles. The van der Waals surface area contributed by atoms with E-state index in [4.69, 9.17) is 9.15 Å². The number of rotatable bonds is 6. The van der Waals surface area contributed by atoms with Crippen LogP contribution < -0.4 is 5.32 Å². The van der Waals surface area contributed by atoms with Crippen molar-refractivity contribution in [2.24, 2.45) is 0 Å². The molecule has 1 N–H and O–H groups in total. The van der Waals surface area contributed by atoms with Gasteiger partial charge in [0.25, 0.3) is 0 Å². The second-order valence-corrected chi connectivity index (χ2v) is 7.36. The molecule has 1 amide bonds. The van der Waals surface area contributed by atoms with Crippen molar-refractivity contribution in [2.75, 3.05) is 38.2 Å². The molecule has 4 heterocycles. The van der Waals surface area contributed by atoms with Gasteiger partial charge in [-0.25, -0.2) is 15.0 Å². The van der Waals surface area contributed by atoms with E-state index in [1.807, 2.05) is 24.4 Å². The number of aromatic nitrogens is 3. The summed E-state index contributed by atoms with van der Waals surface area (Å²) in [5.41, 5.74) is 0.650. The topological polar surface area (TPSA) is 93.4 Å². The highest BCUT2D eigenvalue weighted by Gasteiger charge is 2.16. The maximum atomic E-state index is 12.4. The van der Waals surface area contributed by atoms with Crippen LogP contribution >= 0.6 is 11.3 Å². The number of morpholine rings is 1. The van der Waals surface area contributed by atoms with Crippen molar-refractivity contribution in [3.8, 4) is 22.3 Å². The van der Waals surface area contributed by atoms with Crippen LogP contribution in [0.1, 0.15) is 12.2 Å². The van der Waals surface area contributed by atoms with Gasteiger partial charge < -0.3 is 14.5 Å². The fourth-order valence-corrected chi connectivity index (χ4v) is 3.52. The Hall–Kier alpha value is -2.62. The van der Waals surface area contributed by atoms with Crippen molar-refractivity contribution in [1.82, 2.24) is 19.9 Å². The van der Waals surface area contributed by atoms with Crippen molar-refractivity contribution in [1.29, 1.82) is 0 Å². The molecule has 1 aliphatic heterocycles. The van der Waals surface area contributed by atoms with E-state index in [0.29, 0.717) is 36.1 Å². The van der Waals surface area contributed by atoms with E-state index in [9.17, 15) is 4.79 Å². The highest BCUT2D eigenvalue weighted by Crippen LogP contribution is 2.26. The minimum atomic E-state index is -0.0862. The first-order valence-electron chi connectivity index (χ1n) is 9.13. The molecular weight excluding hydrogens is 378 g/mol. The average molecular weight is 399 g/mol. The molecule has 0 bridgehead atoms. The molecule has 0 unspecified atom stereocenters. The third-order valence-corrected chi connectivity index (χ3v) is 5.16. The van der Waals surface area contributed by atoms with Gasteiger partial charge in [-0.05, 0) is 19.1 Å². The maximum absolute atomic E-state index is 12.4. The van der Waals surface area contributed by atoms with Crippen LogP contribution in [-0.2, 0) is 9.53 Å². The van der Waals surface area contributed by atoms with Gasteiger partial charge in [-0.1, -0.05) is 0 Å². The lowest BCUT2D eigenvalue weighted by atomic mass is 10.3. The highest BCUT2D eigenvalue weighted by molar-refractivity contribution is 7.13. The zero-order valence-electron chi connectivity index (χ0n) is 15.6. The van der Waals surface area contributed by atoms with E-state index in [1.54, 1.807) is 12.3 Å². The Morgan fingerprint density at radius 2 is 2.14 bits per heavy atom. The monoisotopic (exact) mass is 399 g/mol. The predicted molar refractivity (Wildman–Crippen MR) is 106 cm³/mol. The van der Waals surface area contributed by atoms with Crippen LogP contribution in [0.25, 0.3) is 22.3 Å². The Morgan fingerprint density at radius 3 is 2.86 bits per heavy atom. The summed E-state index contributed by atoms with van der Waals surface area (Å²) in [6.07, 6.45) is 2.12. The number of carbonyl (C=O) groups excluding carboxylic acids is 1. The summed E-state index contributed by atoms with van der Waals surface area (Å²) in [4.78, 5) is 28.0. The van der Waals surface area contributed by atoms with Gasteiger partial charge in [-0.2, -0.15) is 0 Å². The Labute approximate surface area is 166 Å². The number of furan rings is 1. The molecule has 1 fully saturated rings. The van der Waals surface area contributed by atoms with Crippen molar-refractivity contribution >= 4 is 23.1 Å². The number of ether oxygens (including phenoxy) is 1.